The topological polar surface area (TPSA) is 30.0 Å². The van der Waals surface area contributed by atoms with Gasteiger partial charge in [0, 0.05) is 18.0 Å². The van der Waals surface area contributed by atoms with Crippen LogP contribution in [-0.4, -0.2) is 17.2 Å². The number of aromatic nitrogens is 1. The number of alkyl halides is 2. The summed E-state index contributed by atoms with van der Waals surface area (Å²) in [7, 11) is 0. The molecule has 0 saturated heterocycles. The minimum absolute atomic E-state index is 0.168. The largest absolute Gasteiger partial charge is 0.300 e. The third kappa shape index (κ3) is 1.98. The van der Waals surface area contributed by atoms with Crippen LogP contribution in [-0.2, 0) is 0 Å². The second kappa shape index (κ2) is 3.58. The molecule has 0 amide bonds. The van der Waals surface area contributed by atoms with E-state index in [1.807, 2.05) is 0 Å². The Kier molecular flexibility index (Phi) is 2.70. The molecule has 1 aromatic rings. The van der Waals surface area contributed by atoms with E-state index in [4.69, 9.17) is 11.6 Å². The van der Waals surface area contributed by atoms with Crippen molar-refractivity contribution in [3.05, 3.63) is 29.0 Å². The minimum Gasteiger partial charge on any atom is -0.288 e. The van der Waals surface area contributed by atoms with Crippen molar-refractivity contribution in [2.45, 2.75) is 6.43 Å². The maximum absolute atomic E-state index is 11.8. The van der Waals surface area contributed by atoms with E-state index in [0.717, 1.165) is 12.3 Å². The summed E-state index contributed by atoms with van der Waals surface area (Å²) in [5.41, 5.74) is -0.169. The van der Waals surface area contributed by atoms with E-state index >= 15 is 0 Å². The van der Waals surface area contributed by atoms with Crippen LogP contribution in [0.5, 0.6) is 0 Å². The summed E-state index contributed by atoms with van der Waals surface area (Å²) in [6.07, 6.45) is -0.685. The van der Waals surface area contributed by atoms with Gasteiger partial charge in [-0.15, -0.1) is 0 Å². The van der Waals surface area contributed by atoms with Gasteiger partial charge in [0.2, 0.25) is 5.78 Å². The van der Waals surface area contributed by atoms with Crippen molar-refractivity contribution in [1.29, 1.82) is 0 Å². The number of hydrogen-bond acceptors (Lipinski definition) is 2. The van der Waals surface area contributed by atoms with Crippen molar-refractivity contribution in [2.24, 2.45) is 0 Å². The number of hydrogen-bond donors (Lipinski definition) is 0. The molecule has 0 aliphatic heterocycles. The lowest BCUT2D eigenvalue weighted by Crippen LogP contribution is -2.10. The molecule has 1 rings (SSSR count). The smallest absolute Gasteiger partial charge is 0.288 e. The summed E-state index contributed by atoms with van der Waals surface area (Å²) in [6.45, 7) is 0. The molecule has 0 radical (unpaired) electrons. The number of pyridine rings is 1. The van der Waals surface area contributed by atoms with Gasteiger partial charge in [0.25, 0.3) is 0 Å². The van der Waals surface area contributed by atoms with E-state index in [2.05, 4.69) is 4.98 Å². The predicted molar refractivity (Wildman–Crippen MR) is 39.6 cm³/mol. The van der Waals surface area contributed by atoms with Gasteiger partial charge >= 0.3 is 6.43 Å². The summed E-state index contributed by atoms with van der Waals surface area (Å²) in [6, 6.07) is 1.16. The van der Waals surface area contributed by atoms with Crippen molar-refractivity contribution < 1.29 is 13.6 Å². The maximum atomic E-state index is 11.8. The summed E-state index contributed by atoms with van der Waals surface area (Å²) in [5.74, 6) is -1.26. The molecule has 2 nitrogen and oxygen atoms in total. The van der Waals surface area contributed by atoms with E-state index in [1.165, 1.54) is 6.20 Å². The fourth-order valence-electron chi connectivity index (χ4n) is 0.673. The highest BCUT2D eigenvalue weighted by Gasteiger charge is 2.17. The molecule has 1 aromatic heterocycles. The molecule has 0 fully saturated rings. The summed E-state index contributed by atoms with van der Waals surface area (Å²) < 4.78 is 23.7. The number of carbonyl (C=O) groups is 1. The predicted octanol–water partition coefficient (Wildman–Crippen LogP) is 2.18. The Morgan fingerprint density at radius 3 is 2.67 bits per heavy atom. The molecular weight excluding hydrogens is 188 g/mol. The first-order valence-electron chi connectivity index (χ1n) is 3.04. The van der Waals surface area contributed by atoms with Crippen LogP contribution in [0.1, 0.15) is 10.4 Å². The Hall–Kier alpha value is -1.03. The fourth-order valence-corrected chi connectivity index (χ4v) is 0.846. The number of halogens is 3. The SMILES string of the molecule is O=C(c1cncc(Cl)c1)C(F)F. The van der Waals surface area contributed by atoms with Crippen molar-refractivity contribution in [1.82, 2.24) is 4.98 Å². The highest BCUT2D eigenvalue weighted by molar-refractivity contribution is 6.30. The molecule has 0 atom stereocenters. The van der Waals surface area contributed by atoms with Gasteiger partial charge in [-0.1, -0.05) is 11.6 Å². The molecule has 1 heterocycles. The van der Waals surface area contributed by atoms with Gasteiger partial charge in [-0.05, 0) is 6.07 Å². The first-order valence-corrected chi connectivity index (χ1v) is 3.42. The molecule has 5 heteroatoms. The Morgan fingerprint density at radius 1 is 1.50 bits per heavy atom. The normalized spacial score (nSPS) is 10.3. The second-order valence-corrected chi connectivity index (χ2v) is 2.49. The standard InChI is InChI=1S/C7H4ClF2NO/c8-5-1-4(2-11-3-5)6(12)7(9)10/h1-3,7H. The lowest BCUT2D eigenvalue weighted by atomic mass is 10.2. The number of Topliss-reactive ketones (excluding diaryl/α,β-unsaturated/α-hetero) is 1. The maximum Gasteiger partial charge on any atom is 0.300 e. The third-order valence-corrected chi connectivity index (χ3v) is 1.39. The van der Waals surface area contributed by atoms with E-state index in [0.29, 0.717) is 0 Å². The average molecular weight is 192 g/mol. The number of ketones is 1. The van der Waals surface area contributed by atoms with Crippen LogP contribution in [0.3, 0.4) is 0 Å². The molecule has 0 aromatic carbocycles. The van der Waals surface area contributed by atoms with E-state index < -0.39 is 12.2 Å². The van der Waals surface area contributed by atoms with Crippen LogP contribution in [0, 0.1) is 0 Å². The molecule has 0 aliphatic rings. The summed E-state index contributed by atoms with van der Waals surface area (Å²) in [5, 5.41) is 0.168. The van der Waals surface area contributed by atoms with Gasteiger partial charge in [0.05, 0.1) is 5.02 Å². The van der Waals surface area contributed by atoms with Crippen molar-refractivity contribution in [3.63, 3.8) is 0 Å². The molecule has 0 aliphatic carbocycles. The number of carbonyl (C=O) groups excluding carboxylic acids is 1. The zero-order chi connectivity index (χ0) is 9.14. The first kappa shape index (κ1) is 9.06. The number of rotatable bonds is 2. The second-order valence-electron chi connectivity index (χ2n) is 2.06. The molecule has 0 unspecified atom stereocenters. The highest BCUT2D eigenvalue weighted by atomic mass is 35.5. The third-order valence-electron chi connectivity index (χ3n) is 1.19. The van der Waals surface area contributed by atoms with Crippen LogP contribution in [0.4, 0.5) is 8.78 Å². The molecule has 64 valence electrons. The van der Waals surface area contributed by atoms with Crippen LogP contribution >= 0.6 is 11.6 Å². The molecule has 12 heavy (non-hydrogen) atoms. The quantitative estimate of drug-likeness (QED) is 0.671. The zero-order valence-corrected chi connectivity index (χ0v) is 6.55. The molecular formula is C7H4ClF2NO. The van der Waals surface area contributed by atoms with Gasteiger partial charge in [-0.2, -0.15) is 0 Å². The van der Waals surface area contributed by atoms with E-state index in [-0.39, 0.29) is 10.6 Å². The Bertz CT molecular complexity index is 303. The van der Waals surface area contributed by atoms with Gasteiger partial charge in [0.1, 0.15) is 0 Å². The van der Waals surface area contributed by atoms with Crippen LogP contribution in [0.15, 0.2) is 18.5 Å². The first-order chi connectivity index (χ1) is 5.61. The fraction of sp³-hybridized carbons (Fsp3) is 0.143. The van der Waals surface area contributed by atoms with E-state index in [1.54, 1.807) is 0 Å². The average Bonchev–Trinajstić information content (AvgIpc) is 2.03. The van der Waals surface area contributed by atoms with Gasteiger partial charge in [-0.25, -0.2) is 8.78 Å². The van der Waals surface area contributed by atoms with Gasteiger partial charge in [0.15, 0.2) is 0 Å². The zero-order valence-electron chi connectivity index (χ0n) is 5.80. The Morgan fingerprint density at radius 2 is 2.17 bits per heavy atom. The van der Waals surface area contributed by atoms with Crippen molar-refractivity contribution in [3.8, 4) is 0 Å². The monoisotopic (exact) mass is 191 g/mol. The summed E-state index contributed by atoms with van der Waals surface area (Å²) >= 11 is 5.43. The number of nitrogens with zero attached hydrogens (tertiary/aromatic N) is 1. The lowest BCUT2D eigenvalue weighted by molar-refractivity contribution is 0.0678. The van der Waals surface area contributed by atoms with Crippen LogP contribution < -0.4 is 0 Å². The summed E-state index contributed by atoms with van der Waals surface area (Å²) in [4.78, 5) is 14.1. The Labute approximate surface area is 72.2 Å². The Balaban J connectivity index is 2.96. The molecule has 0 saturated carbocycles. The van der Waals surface area contributed by atoms with Crippen LogP contribution in [0.25, 0.3) is 0 Å². The van der Waals surface area contributed by atoms with Gasteiger partial charge < -0.3 is 0 Å². The highest BCUT2D eigenvalue weighted by Crippen LogP contribution is 2.11. The lowest BCUT2D eigenvalue weighted by Gasteiger charge is -1.97. The van der Waals surface area contributed by atoms with Crippen LogP contribution in [0.2, 0.25) is 5.02 Å². The van der Waals surface area contributed by atoms with Gasteiger partial charge in [-0.3, -0.25) is 9.78 Å². The van der Waals surface area contributed by atoms with Crippen molar-refractivity contribution in [2.75, 3.05) is 0 Å². The van der Waals surface area contributed by atoms with E-state index in [9.17, 15) is 13.6 Å². The molecule has 0 spiro atoms. The molecule has 0 bridgehead atoms. The minimum atomic E-state index is -3.01. The van der Waals surface area contributed by atoms with Crippen molar-refractivity contribution >= 4 is 17.4 Å². The molecule has 0 N–H and O–H groups in total.